The Kier molecular flexibility index (Phi) is 3.16. The Balaban J connectivity index is 1.96. The van der Waals surface area contributed by atoms with Crippen molar-refractivity contribution >= 4 is 17.3 Å². The first kappa shape index (κ1) is 12.2. The van der Waals surface area contributed by atoms with Crippen molar-refractivity contribution in [3.05, 3.63) is 22.4 Å². The fourth-order valence-electron chi connectivity index (χ4n) is 3.73. The van der Waals surface area contributed by atoms with Gasteiger partial charge in [-0.2, -0.15) is 0 Å². The highest BCUT2D eigenvalue weighted by molar-refractivity contribution is 7.10. The number of rotatable bonds is 2. The summed E-state index contributed by atoms with van der Waals surface area (Å²) in [6.45, 7) is 0. The van der Waals surface area contributed by atoms with Crippen LogP contribution in [0.25, 0.3) is 0 Å². The van der Waals surface area contributed by atoms with Crippen molar-refractivity contribution in [1.29, 1.82) is 0 Å². The number of methoxy groups -OCH3 is 1. The lowest BCUT2D eigenvalue weighted by molar-refractivity contribution is -0.149. The van der Waals surface area contributed by atoms with Crippen molar-refractivity contribution in [3.63, 3.8) is 0 Å². The normalized spacial score (nSPS) is 35.7. The first-order chi connectivity index (χ1) is 8.72. The molecule has 4 heteroatoms. The summed E-state index contributed by atoms with van der Waals surface area (Å²) in [6, 6.07) is 5.31. The number of carbonyl (C=O) groups is 1. The standard InChI is InChI=1S/C14H19NO2S/c1-15-9-5-6-11(15)13(12-4-3-7-18-12)10(8-9)14(16)17-2/h3-4,7,9-11,13H,5-6,8H2,1-2H3/t9?,10?,11-,13?/m0/s1. The topological polar surface area (TPSA) is 29.5 Å². The molecule has 2 bridgehead atoms. The number of hydrogen-bond donors (Lipinski definition) is 0. The minimum absolute atomic E-state index is 0.0293. The molecule has 2 fully saturated rings. The summed E-state index contributed by atoms with van der Waals surface area (Å²) >= 11 is 1.77. The molecular weight excluding hydrogens is 246 g/mol. The summed E-state index contributed by atoms with van der Waals surface area (Å²) in [5, 5.41) is 2.10. The van der Waals surface area contributed by atoms with Crippen molar-refractivity contribution in [3.8, 4) is 0 Å². The lowest BCUT2D eigenvalue weighted by Gasteiger charge is -2.41. The number of carbonyl (C=O) groups excluding carboxylic acids is 1. The molecule has 0 amide bonds. The molecule has 3 rings (SSSR count). The molecule has 3 nitrogen and oxygen atoms in total. The van der Waals surface area contributed by atoms with Crippen molar-refractivity contribution in [1.82, 2.24) is 4.90 Å². The summed E-state index contributed by atoms with van der Waals surface area (Å²) in [5.74, 6) is 0.335. The van der Waals surface area contributed by atoms with Crippen molar-refractivity contribution in [2.45, 2.75) is 37.3 Å². The van der Waals surface area contributed by atoms with Gasteiger partial charge < -0.3 is 4.74 Å². The lowest BCUT2D eigenvalue weighted by Crippen LogP contribution is -2.47. The molecular formula is C14H19NO2S. The summed E-state index contributed by atoms with van der Waals surface area (Å²) < 4.78 is 5.02. The molecule has 0 N–H and O–H groups in total. The van der Waals surface area contributed by atoms with Crippen LogP contribution < -0.4 is 0 Å². The average molecular weight is 265 g/mol. The minimum atomic E-state index is -0.0293. The summed E-state index contributed by atoms with van der Waals surface area (Å²) in [7, 11) is 3.71. The first-order valence-corrected chi connectivity index (χ1v) is 7.43. The van der Waals surface area contributed by atoms with Crippen LogP contribution in [0.3, 0.4) is 0 Å². The Morgan fingerprint density at radius 2 is 2.33 bits per heavy atom. The molecule has 3 heterocycles. The molecule has 0 radical (unpaired) electrons. The van der Waals surface area contributed by atoms with Crippen LogP contribution in [-0.2, 0) is 9.53 Å². The third-order valence-electron chi connectivity index (χ3n) is 4.64. The number of nitrogens with zero attached hydrogens (tertiary/aromatic N) is 1. The average Bonchev–Trinajstić information content (AvgIpc) is 2.97. The molecule has 0 aromatic carbocycles. The van der Waals surface area contributed by atoms with Crippen molar-refractivity contribution in [2.24, 2.45) is 5.92 Å². The van der Waals surface area contributed by atoms with E-state index in [0.717, 1.165) is 6.42 Å². The SMILES string of the molecule is COC(=O)C1CC2CC[C@@H](C1c1cccs1)N2C. The molecule has 4 atom stereocenters. The van der Waals surface area contributed by atoms with E-state index in [2.05, 4.69) is 29.5 Å². The Morgan fingerprint density at radius 3 is 3.00 bits per heavy atom. The monoisotopic (exact) mass is 265 g/mol. The van der Waals surface area contributed by atoms with Gasteiger partial charge >= 0.3 is 5.97 Å². The van der Waals surface area contributed by atoms with Gasteiger partial charge in [0.1, 0.15) is 0 Å². The van der Waals surface area contributed by atoms with E-state index in [9.17, 15) is 4.79 Å². The Hall–Kier alpha value is -0.870. The maximum atomic E-state index is 12.1. The van der Waals surface area contributed by atoms with Gasteiger partial charge in [-0.3, -0.25) is 9.69 Å². The van der Waals surface area contributed by atoms with Gasteiger partial charge in [-0.15, -0.1) is 11.3 Å². The smallest absolute Gasteiger partial charge is 0.309 e. The molecule has 0 saturated carbocycles. The van der Waals surface area contributed by atoms with Gasteiger partial charge in [-0.1, -0.05) is 6.07 Å². The second kappa shape index (κ2) is 4.67. The molecule has 2 aliphatic heterocycles. The van der Waals surface area contributed by atoms with Crippen LogP contribution >= 0.6 is 11.3 Å². The fourth-order valence-corrected chi connectivity index (χ4v) is 4.68. The third kappa shape index (κ3) is 1.79. The predicted molar refractivity (Wildman–Crippen MR) is 71.8 cm³/mol. The van der Waals surface area contributed by atoms with E-state index < -0.39 is 0 Å². The van der Waals surface area contributed by atoms with Crippen LogP contribution in [0.1, 0.15) is 30.1 Å². The zero-order valence-corrected chi connectivity index (χ0v) is 11.7. The third-order valence-corrected chi connectivity index (χ3v) is 5.62. The number of hydrogen-bond acceptors (Lipinski definition) is 4. The maximum Gasteiger partial charge on any atom is 0.309 e. The summed E-state index contributed by atoms with van der Waals surface area (Å²) in [5.41, 5.74) is 0. The largest absolute Gasteiger partial charge is 0.469 e. The van der Waals surface area contributed by atoms with Crippen LogP contribution in [0, 0.1) is 5.92 Å². The van der Waals surface area contributed by atoms with E-state index >= 15 is 0 Å². The molecule has 18 heavy (non-hydrogen) atoms. The molecule has 3 unspecified atom stereocenters. The molecule has 2 saturated heterocycles. The van der Waals surface area contributed by atoms with E-state index in [1.165, 1.54) is 24.8 Å². The van der Waals surface area contributed by atoms with Gasteiger partial charge in [0.05, 0.1) is 13.0 Å². The van der Waals surface area contributed by atoms with Crippen molar-refractivity contribution in [2.75, 3.05) is 14.2 Å². The van der Waals surface area contributed by atoms with Crippen LogP contribution in [0.15, 0.2) is 17.5 Å². The van der Waals surface area contributed by atoms with Crippen LogP contribution in [0.4, 0.5) is 0 Å². The van der Waals surface area contributed by atoms with E-state index in [0.29, 0.717) is 18.0 Å². The van der Waals surface area contributed by atoms with Gasteiger partial charge in [0.25, 0.3) is 0 Å². The molecule has 98 valence electrons. The van der Waals surface area contributed by atoms with Gasteiger partial charge in [0.2, 0.25) is 0 Å². The first-order valence-electron chi connectivity index (χ1n) is 6.55. The predicted octanol–water partition coefficient (Wildman–Crippen LogP) is 2.49. The Morgan fingerprint density at radius 1 is 1.50 bits per heavy atom. The van der Waals surface area contributed by atoms with Gasteiger partial charge in [-0.05, 0) is 37.8 Å². The van der Waals surface area contributed by atoms with Crippen LogP contribution in [-0.4, -0.2) is 37.1 Å². The summed E-state index contributed by atoms with van der Waals surface area (Å²) in [6.07, 6.45) is 3.37. The van der Waals surface area contributed by atoms with E-state index in [-0.39, 0.29) is 11.9 Å². The number of piperidine rings is 1. The van der Waals surface area contributed by atoms with Crippen molar-refractivity contribution < 1.29 is 9.53 Å². The molecule has 2 aliphatic rings. The second-order valence-corrected chi connectivity index (χ2v) is 6.35. The van der Waals surface area contributed by atoms with Crippen LogP contribution in [0.2, 0.25) is 0 Å². The molecule has 1 aromatic heterocycles. The summed E-state index contributed by atoms with van der Waals surface area (Å²) in [4.78, 5) is 15.9. The fraction of sp³-hybridized carbons (Fsp3) is 0.643. The maximum absolute atomic E-state index is 12.1. The highest BCUT2D eigenvalue weighted by Crippen LogP contribution is 2.47. The number of likely N-dealkylation sites (N-methyl/N-ethyl adjacent to an activating group) is 1. The second-order valence-electron chi connectivity index (χ2n) is 5.37. The zero-order chi connectivity index (χ0) is 12.7. The molecule has 0 aliphatic carbocycles. The van der Waals surface area contributed by atoms with E-state index in [1.54, 1.807) is 11.3 Å². The Bertz CT molecular complexity index is 431. The number of ether oxygens (including phenoxy) is 1. The number of thiophene rings is 1. The minimum Gasteiger partial charge on any atom is -0.469 e. The van der Waals surface area contributed by atoms with E-state index in [4.69, 9.17) is 4.74 Å². The Labute approximate surface area is 112 Å². The highest BCUT2D eigenvalue weighted by Gasteiger charge is 2.49. The highest BCUT2D eigenvalue weighted by atomic mass is 32.1. The molecule has 0 spiro atoms. The molecule has 1 aromatic rings. The van der Waals surface area contributed by atoms with Gasteiger partial charge in [0.15, 0.2) is 0 Å². The zero-order valence-electron chi connectivity index (χ0n) is 10.8. The van der Waals surface area contributed by atoms with Crippen LogP contribution in [0.5, 0.6) is 0 Å². The lowest BCUT2D eigenvalue weighted by atomic mass is 9.79. The van der Waals surface area contributed by atoms with Gasteiger partial charge in [-0.25, -0.2) is 0 Å². The number of esters is 1. The van der Waals surface area contributed by atoms with E-state index in [1.807, 2.05) is 0 Å². The van der Waals surface area contributed by atoms with Gasteiger partial charge in [0, 0.05) is 22.9 Å². The quantitative estimate of drug-likeness (QED) is 0.769. The number of fused-ring (bicyclic) bond motifs is 2.